The molecule has 1 atom stereocenters. The number of carbonyl (C=O) groups excluding carboxylic acids is 1. The number of nitrogens with zero attached hydrogens (tertiary/aromatic N) is 2. The predicted molar refractivity (Wildman–Crippen MR) is 162 cm³/mol. The molecule has 0 bridgehead atoms. The minimum absolute atomic E-state index is 0.112. The van der Waals surface area contributed by atoms with Gasteiger partial charge in [0.1, 0.15) is 12.4 Å². The zero-order valence-corrected chi connectivity index (χ0v) is 26.0. The van der Waals surface area contributed by atoms with Crippen molar-refractivity contribution < 1.29 is 27.4 Å². The van der Waals surface area contributed by atoms with Crippen molar-refractivity contribution >= 4 is 62.5 Å². The van der Waals surface area contributed by atoms with Crippen LogP contribution in [0.5, 0.6) is 5.75 Å². The summed E-state index contributed by atoms with van der Waals surface area (Å²) in [5, 5.41) is 0.904. The smallest absolute Gasteiger partial charge is 0.434 e. The number of hydrogen-bond donors (Lipinski definition) is 0. The average molecular weight is 712 g/mol. The first-order valence-corrected chi connectivity index (χ1v) is 15.1. The second-order valence-electron chi connectivity index (χ2n) is 9.18. The van der Waals surface area contributed by atoms with E-state index in [9.17, 15) is 22.8 Å². The summed E-state index contributed by atoms with van der Waals surface area (Å²) in [7, 11) is 0. The molecule has 0 spiro atoms. The Labute approximate surface area is 265 Å². The molecule has 0 unspecified atom stereocenters. The molecule has 13 heteroatoms. The number of fused-ring (bicyclic) bond motifs is 1. The highest BCUT2D eigenvalue weighted by Crippen LogP contribution is 2.38. The summed E-state index contributed by atoms with van der Waals surface area (Å²) in [6.07, 6.45) is -3.46. The zero-order valence-electron chi connectivity index (χ0n) is 22.1. The molecule has 1 aromatic heterocycles. The number of hydrogen-bond acceptors (Lipinski definition) is 6. The van der Waals surface area contributed by atoms with Crippen LogP contribution in [0.15, 0.2) is 92.3 Å². The predicted octanol–water partition coefficient (Wildman–Crippen LogP) is 6.99. The van der Waals surface area contributed by atoms with Crippen molar-refractivity contribution in [3.8, 4) is 5.75 Å². The van der Waals surface area contributed by atoms with Gasteiger partial charge in [-0.2, -0.15) is 13.2 Å². The summed E-state index contributed by atoms with van der Waals surface area (Å²) in [6, 6.07) is 16.8. The Kier molecular flexibility index (Phi) is 9.17. The fourth-order valence-corrected chi connectivity index (χ4v) is 6.28. The first kappa shape index (κ1) is 31.1. The monoisotopic (exact) mass is 710 g/mol. The lowest BCUT2D eigenvalue weighted by Crippen LogP contribution is -2.41. The van der Waals surface area contributed by atoms with Crippen molar-refractivity contribution in [1.82, 2.24) is 4.57 Å². The van der Waals surface area contributed by atoms with Crippen molar-refractivity contribution in [2.24, 2.45) is 4.99 Å². The number of allylic oxidation sites excluding steroid dienone is 1. The molecule has 6 nitrogen and oxygen atoms in total. The maximum atomic E-state index is 14.3. The standard InChI is InChI=1S/C30H20BrCl2F3N2O4S/c1-2-41-28(40)24-25(17-8-10-19(32)11-9-17)38-27(39)23(43-29(38)37-26(24)30(34,35)36)14-16-7-12-22(20(31)13-16)42-15-18-5-3-4-6-21(18)33/h3-14,25H,2,15H2,1H3/b23-14-/t25-/m1/s1. The van der Waals surface area contributed by atoms with Gasteiger partial charge in [-0.15, -0.1) is 0 Å². The van der Waals surface area contributed by atoms with Crippen LogP contribution in [-0.2, 0) is 16.1 Å². The van der Waals surface area contributed by atoms with Crippen LogP contribution in [0.25, 0.3) is 6.08 Å². The summed E-state index contributed by atoms with van der Waals surface area (Å²) in [4.78, 5) is 30.2. The van der Waals surface area contributed by atoms with E-state index in [0.717, 1.165) is 21.5 Å². The van der Waals surface area contributed by atoms with Crippen molar-refractivity contribution in [2.75, 3.05) is 6.61 Å². The Morgan fingerprint density at radius 1 is 1.12 bits per heavy atom. The fraction of sp³-hybridized carbons (Fsp3) is 0.167. The third kappa shape index (κ3) is 6.59. The number of ether oxygens (including phenoxy) is 2. The van der Waals surface area contributed by atoms with Gasteiger partial charge in [-0.25, -0.2) is 9.79 Å². The van der Waals surface area contributed by atoms with Crippen molar-refractivity contribution in [1.29, 1.82) is 0 Å². The summed E-state index contributed by atoms with van der Waals surface area (Å²) < 4.78 is 55.5. The van der Waals surface area contributed by atoms with Crippen LogP contribution in [0.2, 0.25) is 10.0 Å². The van der Waals surface area contributed by atoms with E-state index in [4.69, 9.17) is 32.7 Å². The third-order valence-electron chi connectivity index (χ3n) is 6.38. The van der Waals surface area contributed by atoms with E-state index in [2.05, 4.69) is 20.9 Å². The van der Waals surface area contributed by atoms with Crippen LogP contribution in [0.4, 0.5) is 13.2 Å². The van der Waals surface area contributed by atoms with E-state index in [1.807, 2.05) is 18.2 Å². The lowest BCUT2D eigenvalue weighted by atomic mass is 9.95. The molecule has 0 fully saturated rings. The van der Waals surface area contributed by atoms with Crippen LogP contribution < -0.4 is 19.6 Å². The highest BCUT2D eigenvalue weighted by atomic mass is 79.9. The summed E-state index contributed by atoms with van der Waals surface area (Å²) in [5.41, 5.74) is -1.20. The van der Waals surface area contributed by atoms with Gasteiger partial charge in [-0.05, 0) is 70.4 Å². The van der Waals surface area contributed by atoms with Crippen molar-refractivity contribution in [3.05, 3.63) is 129 Å². The average Bonchev–Trinajstić information content (AvgIpc) is 3.27. The summed E-state index contributed by atoms with van der Waals surface area (Å²) in [5.74, 6) is -0.695. The van der Waals surface area contributed by atoms with Gasteiger partial charge in [0.25, 0.3) is 5.56 Å². The van der Waals surface area contributed by atoms with Gasteiger partial charge >= 0.3 is 12.1 Å². The molecule has 1 aliphatic rings. The van der Waals surface area contributed by atoms with Crippen molar-refractivity contribution in [3.63, 3.8) is 0 Å². The number of carbonyl (C=O) groups is 1. The van der Waals surface area contributed by atoms with Crippen LogP contribution in [-0.4, -0.2) is 23.3 Å². The minimum atomic E-state index is -4.99. The first-order valence-electron chi connectivity index (χ1n) is 12.7. The third-order valence-corrected chi connectivity index (χ3v) is 8.60. The van der Waals surface area contributed by atoms with Crippen molar-refractivity contribution in [2.45, 2.75) is 25.7 Å². The number of benzene rings is 3. The molecule has 222 valence electrons. The van der Waals surface area contributed by atoms with E-state index in [0.29, 0.717) is 25.8 Å². The number of thiazole rings is 1. The maximum Gasteiger partial charge on any atom is 0.434 e. The van der Waals surface area contributed by atoms with Gasteiger partial charge in [-0.1, -0.05) is 70.9 Å². The van der Waals surface area contributed by atoms with Crippen LogP contribution in [0, 0.1) is 0 Å². The Morgan fingerprint density at radius 2 is 1.84 bits per heavy atom. The number of rotatable bonds is 7. The molecule has 0 aliphatic carbocycles. The highest BCUT2D eigenvalue weighted by molar-refractivity contribution is 9.10. The molecular weight excluding hydrogens is 692 g/mol. The Bertz CT molecular complexity index is 1920. The normalized spacial score (nSPS) is 15.2. The van der Waals surface area contributed by atoms with Gasteiger partial charge in [0.2, 0.25) is 0 Å². The molecule has 2 heterocycles. The highest BCUT2D eigenvalue weighted by Gasteiger charge is 2.45. The van der Waals surface area contributed by atoms with Gasteiger partial charge in [0.15, 0.2) is 10.5 Å². The van der Waals surface area contributed by atoms with Gasteiger partial charge in [-0.3, -0.25) is 9.36 Å². The topological polar surface area (TPSA) is 69.9 Å². The molecule has 3 aromatic carbocycles. The summed E-state index contributed by atoms with van der Waals surface area (Å²) >= 11 is 16.5. The second-order valence-corrected chi connectivity index (χ2v) is 11.9. The second kappa shape index (κ2) is 12.7. The van der Waals surface area contributed by atoms with Crippen LogP contribution >= 0.6 is 50.5 Å². The number of esters is 1. The lowest BCUT2D eigenvalue weighted by Gasteiger charge is -2.26. The van der Waals surface area contributed by atoms with E-state index in [-0.39, 0.29) is 28.1 Å². The molecule has 0 saturated heterocycles. The number of halogens is 6. The molecule has 5 rings (SSSR count). The number of alkyl halides is 3. The lowest BCUT2D eigenvalue weighted by molar-refractivity contribution is -0.140. The molecular formula is C30H20BrCl2F3N2O4S. The Balaban J connectivity index is 1.60. The number of aromatic nitrogens is 1. The zero-order chi connectivity index (χ0) is 30.9. The van der Waals surface area contributed by atoms with E-state index < -0.39 is 35.0 Å². The van der Waals surface area contributed by atoms with E-state index in [1.54, 1.807) is 24.3 Å². The van der Waals surface area contributed by atoms with E-state index in [1.165, 1.54) is 37.3 Å². The van der Waals surface area contributed by atoms with E-state index >= 15 is 0 Å². The minimum Gasteiger partial charge on any atom is -0.488 e. The molecule has 0 amide bonds. The molecule has 0 N–H and O–H groups in total. The van der Waals surface area contributed by atoms with Crippen LogP contribution in [0.1, 0.15) is 29.7 Å². The molecule has 0 saturated carbocycles. The largest absolute Gasteiger partial charge is 0.488 e. The summed E-state index contributed by atoms with van der Waals surface area (Å²) in [6.45, 7) is 1.53. The van der Waals surface area contributed by atoms with Gasteiger partial charge in [0, 0.05) is 15.6 Å². The Hall–Kier alpha value is -3.38. The van der Waals surface area contributed by atoms with Gasteiger partial charge < -0.3 is 9.47 Å². The SMILES string of the molecule is CCOC(=O)C1=C(C(F)(F)F)N=c2s/c(=C\c3ccc(OCc4ccccc4Cl)c(Br)c3)c(=O)n2[C@@H]1c1ccc(Cl)cc1. The first-order chi connectivity index (χ1) is 20.5. The van der Waals surface area contributed by atoms with Crippen LogP contribution in [0.3, 0.4) is 0 Å². The quantitative estimate of drug-likeness (QED) is 0.194. The molecule has 4 aromatic rings. The van der Waals surface area contributed by atoms with Gasteiger partial charge in [0.05, 0.1) is 27.2 Å². The molecule has 1 aliphatic heterocycles. The molecule has 0 radical (unpaired) electrons. The Morgan fingerprint density at radius 3 is 2.49 bits per heavy atom. The maximum absolute atomic E-state index is 14.3. The molecule has 43 heavy (non-hydrogen) atoms. The fourth-order valence-electron chi connectivity index (χ4n) is 4.45.